The fraction of sp³-hybridized carbons (Fsp3) is 0.357. The van der Waals surface area contributed by atoms with Crippen molar-refractivity contribution >= 4 is 17.6 Å². The first-order valence-corrected chi connectivity index (χ1v) is 6.69. The first-order chi connectivity index (χ1) is 9.54. The SMILES string of the molecule is CC(CC(=O)O)Cc1nc(Cc2ccccc2Cl)no1. The number of halogens is 1. The van der Waals surface area contributed by atoms with Crippen LogP contribution in [0.15, 0.2) is 28.8 Å². The molecular weight excluding hydrogens is 280 g/mol. The Morgan fingerprint density at radius 2 is 2.20 bits per heavy atom. The van der Waals surface area contributed by atoms with Crippen molar-refractivity contribution in [1.82, 2.24) is 10.1 Å². The third-order valence-electron chi connectivity index (χ3n) is 2.86. The average molecular weight is 295 g/mol. The van der Waals surface area contributed by atoms with Crippen LogP contribution in [0, 0.1) is 5.92 Å². The Balaban J connectivity index is 1.99. The topological polar surface area (TPSA) is 76.2 Å². The lowest BCUT2D eigenvalue weighted by atomic mass is 10.0. The van der Waals surface area contributed by atoms with Crippen molar-refractivity contribution in [2.24, 2.45) is 5.92 Å². The summed E-state index contributed by atoms with van der Waals surface area (Å²) in [6, 6.07) is 7.48. The normalized spacial score (nSPS) is 12.3. The van der Waals surface area contributed by atoms with Crippen molar-refractivity contribution < 1.29 is 14.4 Å². The maximum absolute atomic E-state index is 10.6. The Kier molecular flexibility index (Phi) is 4.74. The molecule has 1 heterocycles. The van der Waals surface area contributed by atoms with E-state index < -0.39 is 5.97 Å². The molecule has 0 aliphatic rings. The number of carboxylic acid groups (broad SMARTS) is 1. The van der Waals surface area contributed by atoms with Gasteiger partial charge in [0.2, 0.25) is 5.89 Å². The Morgan fingerprint density at radius 3 is 2.90 bits per heavy atom. The highest BCUT2D eigenvalue weighted by molar-refractivity contribution is 6.31. The highest BCUT2D eigenvalue weighted by Gasteiger charge is 2.14. The van der Waals surface area contributed by atoms with E-state index in [0.717, 1.165) is 5.56 Å². The van der Waals surface area contributed by atoms with Crippen LogP contribution in [0.2, 0.25) is 5.02 Å². The second kappa shape index (κ2) is 6.52. The van der Waals surface area contributed by atoms with E-state index in [1.54, 1.807) is 0 Å². The maximum Gasteiger partial charge on any atom is 0.303 e. The number of hydrogen-bond acceptors (Lipinski definition) is 4. The third-order valence-corrected chi connectivity index (χ3v) is 3.23. The molecule has 0 aliphatic heterocycles. The van der Waals surface area contributed by atoms with E-state index in [2.05, 4.69) is 10.1 Å². The standard InChI is InChI=1S/C14H15ClN2O3/c1-9(7-14(18)19)6-13-16-12(17-20-13)8-10-4-2-3-5-11(10)15/h2-5,9H,6-8H2,1H3,(H,18,19). The van der Waals surface area contributed by atoms with Gasteiger partial charge in [-0.2, -0.15) is 4.98 Å². The van der Waals surface area contributed by atoms with Crippen LogP contribution < -0.4 is 0 Å². The van der Waals surface area contributed by atoms with E-state index in [9.17, 15) is 4.79 Å². The van der Waals surface area contributed by atoms with Gasteiger partial charge in [-0.15, -0.1) is 0 Å². The number of aliphatic carboxylic acids is 1. The lowest BCUT2D eigenvalue weighted by Gasteiger charge is -2.03. The third kappa shape index (κ3) is 4.06. The minimum Gasteiger partial charge on any atom is -0.481 e. The number of benzene rings is 1. The summed E-state index contributed by atoms with van der Waals surface area (Å²) in [5.74, 6) is 0.144. The van der Waals surface area contributed by atoms with E-state index in [0.29, 0.717) is 29.6 Å². The van der Waals surface area contributed by atoms with Crippen molar-refractivity contribution in [3.05, 3.63) is 46.6 Å². The van der Waals surface area contributed by atoms with Gasteiger partial charge in [0.25, 0.3) is 0 Å². The summed E-state index contributed by atoms with van der Waals surface area (Å²) in [4.78, 5) is 14.9. The van der Waals surface area contributed by atoms with E-state index in [4.69, 9.17) is 21.2 Å². The fourth-order valence-electron chi connectivity index (χ4n) is 1.93. The molecule has 0 bridgehead atoms. The van der Waals surface area contributed by atoms with Crippen LogP contribution in [0.25, 0.3) is 0 Å². The Morgan fingerprint density at radius 1 is 1.45 bits per heavy atom. The summed E-state index contributed by atoms with van der Waals surface area (Å²) in [5.41, 5.74) is 0.931. The molecule has 2 rings (SSSR count). The van der Waals surface area contributed by atoms with Gasteiger partial charge in [-0.25, -0.2) is 0 Å². The summed E-state index contributed by atoms with van der Waals surface area (Å²) in [6.45, 7) is 1.84. The molecule has 1 aromatic heterocycles. The Labute approximate surface area is 121 Å². The van der Waals surface area contributed by atoms with Crippen molar-refractivity contribution in [3.63, 3.8) is 0 Å². The monoisotopic (exact) mass is 294 g/mol. The quantitative estimate of drug-likeness (QED) is 0.886. The lowest BCUT2D eigenvalue weighted by Crippen LogP contribution is -2.07. The van der Waals surface area contributed by atoms with Crippen molar-refractivity contribution in [3.8, 4) is 0 Å². The van der Waals surface area contributed by atoms with Crippen molar-refractivity contribution in [2.75, 3.05) is 0 Å². The van der Waals surface area contributed by atoms with Crippen molar-refractivity contribution in [2.45, 2.75) is 26.2 Å². The summed E-state index contributed by atoms with van der Waals surface area (Å²) in [7, 11) is 0. The molecular formula is C14H15ClN2O3. The number of carboxylic acids is 1. The molecule has 20 heavy (non-hydrogen) atoms. The maximum atomic E-state index is 10.6. The van der Waals surface area contributed by atoms with Crippen LogP contribution in [0.1, 0.15) is 30.6 Å². The molecule has 1 aromatic carbocycles. The predicted molar refractivity (Wildman–Crippen MR) is 73.7 cm³/mol. The number of rotatable bonds is 6. The van der Waals surface area contributed by atoms with Gasteiger partial charge in [0.1, 0.15) is 0 Å². The molecule has 0 radical (unpaired) electrons. The largest absolute Gasteiger partial charge is 0.481 e. The van der Waals surface area contributed by atoms with Crippen LogP contribution in [0.5, 0.6) is 0 Å². The number of hydrogen-bond donors (Lipinski definition) is 1. The molecule has 1 unspecified atom stereocenters. The Bertz CT molecular complexity index is 598. The zero-order chi connectivity index (χ0) is 14.5. The summed E-state index contributed by atoms with van der Waals surface area (Å²) in [5, 5.41) is 13.3. The highest BCUT2D eigenvalue weighted by Crippen LogP contribution is 2.18. The molecule has 2 aromatic rings. The van der Waals surface area contributed by atoms with Gasteiger partial charge in [-0.05, 0) is 17.5 Å². The first-order valence-electron chi connectivity index (χ1n) is 6.31. The molecule has 1 atom stereocenters. The van der Waals surface area contributed by atoms with Gasteiger partial charge < -0.3 is 9.63 Å². The molecule has 0 fully saturated rings. The molecule has 6 heteroatoms. The summed E-state index contributed by atoms with van der Waals surface area (Å²) in [6.07, 6.45) is 1.04. The average Bonchev–Trinajstić information content (AvgIpc) is 2.78. The molecule has 0 spiro atoms. The number of carbonyl (C=O) groups is 1. The molecule has 0 saturated heterocycles. The lowest BCUT2D eigenvalue weighted by molar-refractivity contribution is -0.137. The van der Waals surface area contributed by atoms with Crippen LogP contribution in [0.3, 0.4) is 0 Å². The number of nitrogens with zero attached hydrogens (tertiary/aromatic N) is 2. The predicted octanol–water partition coefficient (Wildman–Crippen LogP) is 2.97. The van der Waals surface area contributed by atoms with Gasteiger partial charge in [-0.1, -0.05) is 41.9 Å². The Hall–Kier alpha value is -1.88. The van der Waals surface area contributed by atoms with Crippen LogP contribution in [-0.4, -0.2) is 21.2 Å². The van der Waals surface area contributed by atoms with Gasteiger partial charge in [0.15, 0.2) is 5.82 Å². The zero-order valence-corrected chi connectivity index (χ0v) is 11.8. The first kappa shape index (κ1) is 14.5. The second-order valence-corrected chi connectivity index (χ2v) is 5.19. The van der Waals surface area contributed by atoms with Gasteiger partial charge in [-0.3, -0.25) is 4.79 Å². The van der Waals surface area contributed by atoms with Crippen LogP contribution in [0.4, 0.5) is 0 Å². The van der Waals surface area contributed by atoms with Gasteiger partial charge >= 0.3 is 5.97 Å². The smallest absolute Gasteiger partial charge is 0.303 e. The van der Waals surface area contributed by atoms with Crippen LogP contribution in [-0.2, 0) is 17.6 Å². The molecule has 1 N–H and O–H groups in total. The van der Waals surface area contributed by atoms with E-state index in [1.807, 2.05) is 31.2 Å². The van der Waals surface area contributed by atoms with E-state index in [1.165, 1.54) is 0 Å². The number of aromatic nitrogens is 2. The molecule has 0 saturated carbocycles. The fourth-order valence-corrected chi connectivity index (χ4v) is 2.13. The summed E-state index contributed by atoms with van der Waals surface area (Å²) < 4.78 is 5.13. The summed E-state index contributed by atoms with van der Waals surface area (Å²) >= 11 is 6.07. The van der Waals surface area contributed by atoms with Gasteiger partial charge in [0.05, 0.1) is 0 Å². The van der Waals surface area contributed by atoms with Gasteiger partial charge in [0, 0.05) is 24.3 Å². The van der Waals surface area contributed by atoms with Crippen molar-refractivity contribution in [1.29, 1.82) is 0 Å². The van der Waals surface area contributed by atoms with E-state index >= 15 is 0 Å². The second-order valence-electron chi connectivity index (χ2n) is 4.78. The van der Waals surface area contributed by atoms with Crippen LogP contribution >= 0.6 is 11.6 Å². The van der Waals surface area contributed by atoms with E-state index in [-0.39, 0.29) is 12.3 Å². The molecule has 0 amide bonds. The minimum atomic E-state index is -0.826. The molecule has 106 valence electrons. The molecule has 0 aliphatic carbocycles. The zero-order valence-electron chi connectivity index (χ0n) is 11.0. The molecule has 5 nitrogen and oxygen atoms in total. The minimum absolute atomic E-state index is 0.0406. The highest BCUT2D eigenvalue weighted by atomic mass is 35.5.